The van der Waals surface area contributed by atoms with Gasteiger partial charge in [0.1, 0.15) is 0 Å². The van der Waals surface area contributed by atoms with Crippen molar-refractivity contribution < 1.29 is 4.92 Å². The van der Waals surface area contributed by atoms with Gasteiger partial charge in [-0.25, -0.2) is 0 Å². The van der Waals surface area contributed by atoms with Gasteiger partial charge in [-0.3, -0.25) is 4.90 Å². The molecule has 2 saturated heterocycles. The third kappa shape index (κ3) is 3.69. The number of rotatable bonds is 3. The highest BCUT2D eigenvalue weighted by atomic mass is 16.6. The molecule has 0 aliphatic carbocycles. The van der Waals surface area contributed by atoms with Gasteiger partial charge in [0.2, 0.25) is 5.82 Å². The highest BCUT2D eigenvalue weighted by molar-refractivity contribution is 5.43. The highest BCUT2D eigenvalue weighted by Crippen LogP contribution is 2.25. The Balaban J connectivity index is 0.000000774. The number of likely N-dealkylation sites (tertiary alicyclic amines) is 1. The van der Waals surface area contributed by atoms with Crippen molar-refractivity contribution in [1.82, 2.24) is 9.88 Å². The summed E-state index contributed by atoms with van der Waals surface area (Å²) >= 11 is 0. The van der Waals surface area contributed by atoms with E-state index in [2.05, 4.69) is 14.8 Å². The van der Waals surface area contributed by atoms with Crippen LogP contribution in [0.25, 0.3) is 0 Å². The van der Waals surface area contributed by atoms with E-state index in [-0.39, 0.29) is 5.82 Å². The molecule has 1 unspecified atom stereocenters. The zero-order valence-corrected chi connectivity index (χ0v) is 12.9. The molecule has 0 saturated carbocycles. The predicted octanol–water partition coefficient (Wildman–Crippen LogP) is 2.69. The molecule has 2 aliphatic heterocycles. The van der Waals surface area contributed by atoms with Crippen molar-refractivity contribution >= 4 is 11.6 Å². The van der Waals surface area contributed by atoms with E-state index in [1.54, 1.807) is 6.07 Å². The number of aromatic nitrogens is 1. The Kier molecular flexibility index (Phi) is 5.50. The van der Waals surface area contributed by atoms with Crippen molar-refractivity contribution in [2.24, 2.45) is 0 Å². The van der Waals surface area contributed by atoms with Crippen LogP contribution in [0.1, 0.15) is 33.1 Å². The second kappa shape index (κ2) is 7.36. The van der Waals surface area contributed by atoms with Crippen molar-refractivity contribution in [3.8, 4) is 0 Å². The van der Waals surface area contributed by atoms with E-state index in [1.807, 2.05) is 19.9 Å². The summed E-state index contributed by atoms with van der Waals surface area (Å²) in [7, 11) is 0. The van der Waals surface area contributed by atoms with Crippen LogP contribution in [0.5, 0.6) is 0 Å². The summed E-state index contributed by atoms with van der Waals surface area (Å²) in [5.74, 6) is 0.665. The van der Waals surface area contributed by atoms with Crippen molar-refractivity contribution in [2.75, 3.05) is 31.1 Å². The number of nitrogens with zero attached hydrogens (tertiary/aromatic N) is 4. The zero-order valence-electron chi connectivity index (χ0n) is 12.9. The zero-order chi connectivity index (χ0) is 15.2. The molecule has 0 amide bonds. The van der Waals surface area contributed by atoms with E-state index in [0.717, 1.165) is 25.3 Å². The van der Waals surface area contributed by atoms with Crippen molar-refractivity contribution in [2.45, 2.75) is 39.2 Å². The molecular formula is C15H24N4O2. The van der Waals surface area contributed by atoms with Crippen molar-refractivity contribution in [3.63, 3.8) is 0 Å². The van der Waals surface area contributed by atoms with Gasteiger partial charge in [0.15, 0.2) is 0 Å². The molecule has 116 valence electrons. The summed E-state index contributed by atoms with van der Waals surface area (Å²) < 4.78 is 0. The summed E-state index contributed by atoms with van der Waals surface area (Å²) in [6.45, 7) is 8.27. The molecule has 6 heteroatoms. The predicted molar refractivity (Wildman–Crippen MR) is 83.7 cm³/mol. The molecule has 1 aromatic heterocycles. The smallest absolute Gasteiger partial charge is 0.358 e. The van der Waals surface area contributed by atoms with Crippen LogP contribution in [0, 0.1) is 10.1 Å². The van der Waals surface area contributed by atoms with Crippen LogP contribution < -0.4 is 4.90 Å². The summed E-state index contributed by atoms with van der Waals surface area (Å²) in [4.78, 5) is 19.2. The fraction of sp³-hybridized carbons (Fsp3) is 0.667. The van der Waals surface area contributed by atoms with E-state index in [9.17, 15) is 10.1 Å². The van der Waals surface area contributed by atoms with Gasteiger partial charge in [-0.05, 0) is 48.3 Å². The lowest BCUT2D eigenvalue weighted by atomic mass is 10.2. The molecule has 0 spiro atoms. The topological polar surface area (TPSA) is 62.5 Å². The van der Waals surface area contributed by atoms with E-state index in [0.29, 0.717) is 6.04 Å². The van der Waals surface area contributed by atoms with Gasteiger partial charge in [0.25, 0.3) is 0 Å². The maximum absolute atomic E-state index is 10.8. The minimum atomic E-state index is -0.433. The monoisotopic (exact) mass is 292 g/mol. The van der Waals surface area contributed by atoms with Crippen LogP contribution in [-0.2, 0) is 0 Å². The van der Waals surface area contributed by atoms with Gasteiger partial charge in [0.05, 0.1) is 0 Å². The summed E-state index contributed by atoms with van der Waals surface area (Å²) in [6.07, 6.45) is 3.72. The summed E-state index contributed by atoms with van der Waals surface area (Å²) in [6, 6.07) is 5.60. The summed E-state index contributed by atoms with van der Waals surface area (Å²) in [5, 5.41) is 10.8. The van der Waals surface area contributed by atoms with Gasteiger partial charge in [-0.1, -0.05) is 13.8 Å². The maximum atomic E-state index is 10.8. The second-order valence-electron chi connectivity index (χ2n) is 5.24. The number of anilines is 1. The molecule has 0 bridgehead atoms. The van der Waals surface area contributed by atoms with Crippen LogP contribution >= 0.6 is 0 Å². The first kappa shape index (κ1) is 15.7. The van der Waals surface area contributed by atoms with Crippen molar-refractivity contribution in [3.05, 3.63) is 28.3 Å². The molecule has 3 heterocycles. The molecule has 2 fully saturated rings. The number of nitro groups is 1. The third-order valence-corrected chi connectivity index (χ3v) is 4.05. The molecule has 0 radical (unpaired) electrons. The maximum Gasteiger partial charge on any atom is 0.365 e. The Hall–Kier alpha value is -1.69. The van der Waals surface area contributed by atoms with Crippen molar-refractivity contribution in [1.29, 1.82) is 0 Å². The lowest BCUT2D eigenvalue weighted by Crippen LogP contribution is -2.35. The Morgan fingerprint density at radius 2 is 1.95 bits per heavy atom. The molecule has 1 aromatic rings. The minimum absolute atomic E-state index is 0.0675. The SMILES string of the molecule is CC.O=[N+]([O-])c1cccc(N2CCC(N3CCCC3)C2)n1. The Labute approximate surface area is 125 Å². The summed E-state index contributed by atoms with van der Waals surface area (Å²) in [5.41, 5.74) is 0. The van der Waals surface area contributed by atoms with Gasteiger partial charge >= 0.3 is 5.82 Å². The van der Waals surface area contributed by atoms with Crippen LogP contribution in [0.3, 0.4) is 0 Å². The third-order valence-electron chi connectivity index (χ3n) is 4.05. The number of pyridine rings is 1. The average molecular weight is 292 g/mol. The van der Waals surface area contributed by atoms with Gasteiger partial charge in [-0.2, -0.15) is 0 Å². The van der Waals surface area contributed by atoms with E-state index in [4.69, 9.17) is 0 Å². The normalized spacial score (nSPS) is 22.0. The lowest BCUT2D eigenvalue weighted by Gasteiger charge is -2.23. The largest absolute Gasteiger partial charge is 0.365 e. The Bertz CT molecular complexity index is 474. The molecule has 21 heavy (non-hydrogen) atoms. The molecule has 0 aromatic carbocycles. The molecular weight excluding hydrogens is 268 g/mol. The van der Waals surface area contributed by atoms with Crippen LogP contribution in [0.15, 0.2) is 18.2 Å². The fourth-order valence-electron chi connectivity index (χ4n) is 3.04. The highest BCUT2D eigenvalue weighted by Gasteiger charge is 2.31. The quantitative estimate of drug-likeness (QED) is 0.633. The molecule has 3 rings (SSSR count). The molecule has 6 nitrogen and oxygen atoms in total. The lowest BCUT2D eigenvalue weighted by molar-refractivity contribution is -0.389. The second-order valence-corrected chi connectivity index (χ2v) is 5.24. The van der Waals surface area contributed by atoms with Crippen LogP contribution in [0.2, 0.25) is 0 Å². The first-order chi connectivity index (χ1) is 10.2. The van der Waals surface area contributed by atoms with Crippen LogP contribution in [0.4, 0.5) is 11.6 Å². The fourth-order valence-corrected chi connectivity index (χ4v) is 3.04. The van der Waals surface area contributed by atoms with Gasteiger partial charge < -0.3 is 15.0 Å². The van der Waals surface area contributed by atoms with Crippen LogP contribution in [-0.4, -0.2) is 47.0 Å². The molecule has 2 aliphatic rings. The number of hydrogen-bond donors (Lipinski definition) is 0. The van der Waals surface area contributed by atoms with Gasteiger partial charge in [0, 0.05) is 31.3 Å². The molecule has 0 N–H and O–H groups in total. The first-order valence-electron chi connectivity index (χ1n) is 7.84. The first-order valence-corrected chi connectivity index (χ1v) is 7.84. The molecule has 1 atom stereocenters. The van der Waals surface area contributed by atoms with E-state index in [1.165, 1.54) is 32.0 Å². The Morgan fingerprint density at radius 3 is 2.62 bits per heavy atom. The van der Waals surface area contributed by atoms with Gasteiger partial charge in [-0.15, -0.1) is 0 Å². The van der Waals surface area contributed by atoms with E-state index < -0.39 is 4.92 Å². The standard InChI is InChI=1S/C13H18N4O2.C2H6/c18-17(19)13-5-3-4-12(14-13)16-9-6-11(10-16)15-7-1-2-8-15;1-2/h3-5,11H,1-2,6-10H2;1-2H3. The Morgan fingerprint density at radius 1 is 1.24 bits per heavy atom. The van der Waals surface area contributed by atoms with E-state index >= 15 is 0 Å². The minimum Gasteiger partial charge on any atom is -0.358 e. The number of hydrogen-bond acceptors (Lipinski definition) is 5. The average Bonchev–Trinajstić information content (AvgIpc) is 3.20.